The fourth-order valence-electron chi connectivity index (χ4n) is 2.94. The maximum absolute atomic E-state index is 12.7. The topological polar surface area (TPSA) is 76.0 Å². The first-order valence-electron chi connectivity index (χ1n) is 9.68. The molecule has 0 spiro atoms. The Morgan fingerprint density at radius 1 is 1.03 bits per heavy atom. The van der Waals surface area contributed by atoms with Crippen LogP contribution in [-0.2, 0) is 11.3 Å². The molecule has 1 atom stereocenters. The van der Waals surface area contributed by atoms with E-state index in [9.17, 15) is 9.59 Å². The van der Waals surface area contributed by atoms with Gasteiger partial charge in [0.1, 0.15) is 6.04 Å². The molecule has 0 bridgehead atoms. The fourth-order valence-corrected chi connectivity index (χ4v) is 2.94. The van der Waals surface area contributed by atoms with Gasteiger partial charge in [0.25, 0.3) is 5.91 Å². The van der Waals surface area contributed by atoms with Crippen molar-refractivity contribution in [3.63, 3.8) is 0 Å². The lowest BCUT2D eigenvalue weighted by atomic mass is 10.0. The minimum absolute atomic E-state index is 0.0450. The number of carbonyl (C=O) groups is 2. The van der Waals surface area contributed by atoms with Crippen molar-refractivity contribution in [2.24, 2.45) is 5.92 Å². The summed E-state index contributed by atoms with van der Waals surface area (Å²) in [6.45, 7) is 6.13. The molecule has 2 aromatic carbocycles. The zero-order valence-electron chi connectivity index (χ0n) is 16.9. The van der Waals surface area contributed by atoms with E-state index in [4.69, 9.17) is 0 Å². The average molecular weight is 390 g/mol. The minimum Gasteiger partial charge on any atom is -0.350 e. The molecular formula is C23H26N4O2. The van der Waals surface area contributed by atoms with Gasteiger partial charge in [-0.2, -0.15) is 5.10 Å². The summed E-state index contributed by atoms with van der Waals surface area (Å²) < 4.78 is 1.76. The van der Waals surface area contributed by atoms with Crippen molar-refractivity contribution < 1.29 is 9.59 Å². The van der Waals surface area contributed by atoms with E-state index in [2.05, 4.69) is 15.7 Å². The predicted octanol–water partition coefficient (Wildman–Crippen LogP) is 3.25. The van der Waals surface area contributed by atoms with Crippen LogP contribution in [0.5, 0.6) is 0 Å². The summed E-state index contributed by atoms with van der Waals surface area (Å²) >= 11 is 0. The molecule has 150 valence electrons. The zero-order valence-corrected chi connectivity index (χ0v) is 16.9. The highest BCUT2D eigenvalue weighted by Gasteiger charge is 2.24. The highest BCUT2D eigenvalue weighted by molar-refractivity contribution is 5.97. The molecule has 0 saturated heterocycles. The second-order valence-electron chi connectivity index (χ2n) is 7.41. The lowest BCUT2D eigenvalue weighted by Crippen LogP contribution is -2.49. The van der Waals surface area contributed by atoms with E-state index >= 15 is 0 Å². The second kappa shape index (κ2) is 9.19. The van der Waals surface area contributed by atoms with Crippen LogP contribution in [0, 0.1) is 12.8 Å². The second-order valence-corrected chi connectivity index (χ2v) is 7.41. The number of hydrogen-bond acceptors (Lipinski definition) is 3. The van der Waals surface area contributed by atoms with Crippen LogP contribution < -0.4 is 10.6 Å². The summed E-state index contributed by atoms with van der Waals surface area (Å²) in [6.07, 6.45) is 3.60. The number of amides is 2. The van der Waals surface area contributed by atoms with E-state index in [0.717, 1.165) is 16.8 Å². The zero-order chi connectivity index (χ0) is 20.8. The van der Waals surface area contributed by atoms with Crippen LogP contribution in [0.2, 0.25) is 0 Å². The van der Waals surface area contributed by atoms with E-state index in [1.807, 2.05) is 69.4 Å². The molecule has 6 heteroatoms. The summed E-state index contributed by atoms with van der Waals surface area (Å²) in [5.41, 5.74) is 3.46. The third-order valence-corrected chi connectivity index (χ3v) is 4.67. The molecule has 6 nitrogen and oxygen atoms in total. The van der Waals surface area contributed by atoms with Crippen LogP contribution in [0.3, 0.4) is 0 Å². The maximum atomic E-state index is 12.7. The molecule has 2 N–H and O–H groups in total. The lowest BCUT2D eigenvalue weighted by molar-refractivity contribution is -0.124. The predicted molar refractivity (Wildman–Crippen MR) is 113 cm³/mol. The Balaban J connectivity index is 1.60. The number of nitrogens with one attached hydrogen (secondary N) is 2. The monoisotopic (exact) mass is 390 g/mol. The van der Waals surface area contributed by atoms with Gasteiger partial charge in [0.2, 0.25) is 5.91 Å². The van der Waals surface area contributed by atoms with E-state index in [0.29, 0.717) is 12.1 Å². The van der Waals surface area contributed by atoms with Crippen LogP contribution in [0.15, 0.2) is 67.0 Å². The Hall–Kier alpha value is -3.41. The van der Waals surface area contributed by atoms with Gasteiger partial charge < -0.3 is 10.6 Å². The van der Waals surface area contributed by atoms with Gasteiger partial charge in [0.15, 0.2) is 0 Å². The molecule has 1 heterocycles. The Morgan fingerprint density at radius 3 is 2.38 bits per heavy atom. The number of carbonyl (C=O) groups excluding carboxylic acids is 2. The Bertz CT molecular complexity index is 962. The first-order chi connectivity index (χ1) is 13.9. The number of rotatable bonds is 7. The van der Waals surface area contributed by atoms with Gasteiger partial charge in [0, 0.05) is 23.9 Å². The molecule has 0 fully saturated rings. The molecule has 3 rings (SSSR count). The summed E-state index contributed by atoms with van der Waals surface area (Å²) in [5, 5.41) is 10.1. The normalized spacial score (nSPS) is 11.9. The van der Waals surface area contributed by atoms with Gasteiger partial charge in [-0.3, -0.25) is 9.59 Å². The number of para-hydroxylation sites is 1. The van der Waals surface area contributed by atoms with Crippen LogP contribution in [-0.4, -0.2) is 27.6 Å². The van der Waals surface area contributed by atoms with Crippen molar-refractivity contribution in [3.05, 3.63) is 83.7 Å². The van der Waals surface area contributed by atoms with Crippen molar-refractivity contribution in [2.45, 2.75) is 33.4 Å². The van der Waals surface area contributed by atoms with Crippen LogP contribution >= 0.6 is 0 Å². The highest BCUT2D eigenvalue weighted by atomic mass is 16.2. The minimum atomic E-state index is -0.618. The van der Waals surface area contributed by atoms with Gasteiger partial charge in [-0.15, -0.1) is 0 Å². The van der Waals surface area contributed by atoms with E-state index in [1.54, 1.807) is 23.0 Å². The van der Waals surface area contributed by atoms with E-state index in [-0.39, 0.29) is 17.7 Å². The van der Waals surface area contributed by atoms with Gasteiger partial charge >= 0.3 is 0 Å². The fraction of sp³-hybridized carbons (Fsp3) is 0.261. The van der Waals surface area contributed by atoms with Crippen molar-refractivity contribution in [2.75, 3.05) is 0 Å². The number of nitrogens with zero attached hydrogens (tertiary/aromatic N) is 2. The molecule has 0 radical (unpaired) electrons. The summed E-state index contributed by atoms with van der Waals surface area (Å²) in [6, 6.07) is 16.4. The highest BCUT2D eigenvalue weighted by Crippen LogP contribution is 2.09. The number of benzene rings is 2. The van der Waals surface area contributed by atoms with Gasteiger partial charge in [0.05, 0.1) is 11.9 Å². The number of aryl methyl sites for hydroxylation is 1. The summed E-state index contributed by atoms with van der Waals surface area (Å²) in [5.74, 6) is -0.514. The van der Waals surface area contributed by atoms with Crippen molar-refractivity contribution >= 4 is 11.8 Å². The summed E-state index contributed by atoms with van der Waals surface area (Å²) in [4.78, 5) is 25.2. The number of hydrogen-bond donors (Lipinski definition) is 2. The molecule has 0 aliphatic rings. The Kier molecular flexibility index (Phi) is 6.44. The van der Waals surface area contributed by atoms with Crippen LogP contribution in [0.4, 0.5) is 0 Å². The van der Waals surface area contributed by atoms with Gasteiger partial charge in [-0.05, 0) is 37.1 Å². The van der Waals surface area contributed by atoms with Crippen LogP contribution in [0.25, 0.3) is 5.69 Å². The number of aromatic nitrogens is 2. The first-order valence-corrected chi connectivity index (χ1v) is 9.68. The van der Waals surface area contributed by atoms with E-state index in [1.165, 1.54) is 0 Å². The Labute approximate surface area is 170 Å². The molecule has 1 unspecified atom stereocenters. The smallest absolute Gasteiger partial charge is 0.251 e. The molecule has 1 aromatic heterocycles. The molecular weight excluding hydrogens is 364 g/mol. The Morgan fingerprint density at radius 2 is 1.72 bits per heavy atom. The SMILES string of the molecule is Cc1ccc(C(=O)NC(C(=O)NCc2cnn(-c3ccccc3)c2)C(C)C)cc1. The maximum Gasteiger partial charge on any atom is 0.251 e. The van der Waals surface area contributed by atoms with E-state index < -0.39 is 6.04 Å². The van der Waals surface area contributed by atoms with Gasteiger partial charge in [-0.1, -0.05) is 49.7 Å². The molecule has 29 heavy (non-hydrogen) atoms. The third-order valence-electron chi connectivity index (χ3n) is 4.67. The third kappa shape index (κ3) is 5.31. The molecule has 0 saturated carbocycles. The summed E-state index contributed by atoms with van der Waals surface area (Å²) in [7, 11) is 0. The standard InChI is InChI=1S/C23H26N4O2/c1-16(2)21(26-22(28)19-11-9-17(3)10-12-19)23(29)24-13-18-14-25-27(15-18)20-7-5-4-6-8-20/h4-12,14-16,21H,13H2,1-3H3,(H,24,29)(H,26,28). The largest absolute Gasteiger partial charge is 0.350 e. The molecule has 0 aliphatic heterocycles. The van der Waals surface area contributed by atoms with Gasteiger partial charge in [-0.25, -0.2) is 4.68 Å². The molecule has 3 aromatic rings. The van der Waals surface area contributed by atoms with Crippen molar-refractivity contribution in [1.29, 1.82) is 0 Å². The van der Waals surface area contributed by atoms with Crippen molar-refractivity contribution in [3.8, 4) is 5.69 Å². The quantitative estimate of drug-likeness (QED) is 0.650. The molecule has 0 aliphatic carbocycles. The molecule has 2 amide bonds. The average Bonchev–Trinajstić information content (AvgIpc) is 3.20. The van der Waals surface area contributed by atoms with Crippen molar-refractivity contribution in [1.82, 2.24) is 20.4 Å². The first kappa shape index (κ1) is 20.3. The lowest BCUT2D eigenvalue weighted by Gasteiger charge is -2.21. The van der Waals surface area contributed by atoms with Crippen LogP contribution in [0.1, 0.15) is 35.3 Å².